The van der Waals surface area contributed by atoms with E-state index >= 15 is 0 Å². The van der Waals surface area contributed by atoms with Gasteiger partial charge in [-0.3, -0.25) is 4.99 Å². The summed E-state index contributed by atoms with van der Waals surface area (Å²) in [4.78, 5) is 4.38. The molecule has 3 rings (SSSR count). The Labute approximate surface area is 132 Å². The van der Waals surface area contributed by atoms with Crippen LogP contribution < -0.4 is 10.6 Å². The van der Waals surface area contributed by atoms with Gasteiger partial charge in [-0.05, 0) is 43.1 Å². The highest BCUT2D eigenvalue weighted by molar-refractivity contribution is 7.99. The molecule has 3 nitrogen and oxygen atoms in total. The minimum absolute atomic E-state index is 0.585. The first-order valence-corrected chi connectivity index (χ1v) is 9.16. The molecule has 0 aromatic heterocycles. The molecule has 1 fully saturated rings. The third-order valence-electron chi connectivity index (χ3n) is 4.76. The Kier molecular flexibility index (Phi) is 4.73. The number of fused-ring (bicyclic) bond motifs is 1. The second-order valence-corrected chi connectivity index (χ2v) is 7.20. The quantitative estimate of drug-likeness (QED) is 0.663. The van der Waals surface area contributed by atoms with Gasteiger partial charge in [0.15, 0.2) is 5.96 Å². The number of thioether (sulfide) groups is 1. The molecule has 3 atom stereocenters. The summed E-state index contributed by atoms with van der Waals surface area (Å²) in [5.41, 5.74) is 3.01. The molecule has 21 heavy (non-hydrogen) atoms. The Hall–Kier alpha value is -1.16. The largest absolute Gasteiger partial charge is 0.356 e. The summed E-state index contributed by atoms with van der Waals surface area (Å²) in [5.74, 6) is 1.61. The molecule has 0 amide bonds. The normalized spacial score (nSPS) is 27.9. The van der Waals surface area contributed by atoms with E-state index in [0.717, 1.165) is 17.8 Å². The van der Waals surface area contributed by atoms with Crippen molar-refractivity contribution in [3.63, 3.8) is 0 Å². The first-order chi connectivity index (χ1) is 10.3. The van der Waals surface area contributed by atoms with Crippen molar-refractivity contribution in [3.05, 3.63) is 35.4 Å². The summed E-state index contributed by atoms with van der Waals surface area (Å²) >= 11 is 1.99. The molecule has 3 unspecified atom stereocenters. The number of hydrogen-bond donors (Lipinski definition) is 2. The summed E-state index contributed by atoms with van der Waals surface area (Å²) in [6, 6.07) is 9.34. The molecule has 0 aliphatic heterocycles. The average Bonchev–Trinajstić information content (AvgIpc) is 2.94. The molecule has 1 aromatic carbocycles. The fourth-order valence-corrected chi connectivity index (χ4v) is 4.23. The molecular formula is C17H25N3S. The number of hydrogen-bond acceptors (Lipinski definition) is 2. The Bertz CT molecular complexity index is 515. The highest BCUT2D eigenvalue weighted by Crippen LogP contribution is 2.34. The van der Waals surface area contributed by atoms with E-state index in [9.17, 15) is 0 Å². The minimum Gasteiger partial charge on any atom is -0.356 e. The minimum atomic E-state index is 0.585. The molecule has 114 valence electrons. The fourth-order valence-electron chi connectivity index (χ4n) is 3.44. The summed E-state index contributed by atoms with van der Waals surface area (Å²) in [7, 11) is 1.87. The second kappa shape index (κ2) is 6.73. The van der Waals surface area contributed by atoms with Gasteiger partial charge < -0.3 is 10.6 Å². The van der Waals surface area contributed by atoms with Crippen LogP contribution in [0.2, 0.25) is 0 Å². The maximum atomic E-state index is 4.38. The monoisotopic (exact) mass is 303 g/mol. The van der Waals surface area contributed by atoms with Gasteiger partial charge in [-0.25, -0.2) is 0 Å². The summed E-state index contributed by atoms with van der Waals surface area (Å²) in [6.07, 6.45) is 7.25. The molecule has 0 radical (unpaired) electrons. The lowest BCUT2D eigenvalue weighted by atomic mass is 9.78. The Balaban J connectivity index is 1.46. The van der Waals surface area contributed by atoms with Crippen LogP contribution in [0.3, 0.4) is 0 Å². The van der Waals surface area contributed by atoms with E-state index in [1.807, 2.05) is 18.8 Å². The Morgan fingerprint density at radius 3 is 2.90 bits per heavy atom. The first-order valence-electron chi connectivity index (χ1n) is 7.88. The van der Waals surface area contributed by atoms with Gasteiger partial charge >= 0.3 is 0 Å². The third-order valence-corrected chi connectivity index (χ3v) is 5.85. The van der Waals surface area contributed by atoms with Crippen LogP contribution in [-0.4, -0.2) is 37.1 Å². The average molecular weight is 303 g/mol. The van der Waals surface area contributed by atoms with E-state index in [2.05, 4.69) is 46.1 Å². The van der Waals surface area contributed by atoms with E-state index in [-0.39, 0.29) is 0 Å². The van der Waals surface area contributed by atoms with Crippen LogP contribution in [-0.2, 0) is 6.42 Å². The van der Waals surface area contributed by atoms with Crippen LogP contribution in [0.15, 0.2) is 29.3 Å². The van der Waals surface area contributed by atoms with Crippen LogP contribution in [0.4, 0.5) is 0 Å². The lowest BCUT2D eigenvalue weighted by Gasteiger charge is -2.31. The standard InChI is InChI=1S/C17H25N3S/c1-18-17(20-14-7-8-15(10-14)21-2)19-11-13-9-12-5-3-4-6-16(12)13/h3-6,13-15H,7-11H2,1-2H3,(H2,18,19,20). The maximum absolute atomic E-state index is 4.38. The second-order valence-electron chi connectivity index (χ2n) is 6.06. The smallest absolute Gasteiger partial charge is 0.191 e. The maximum Gasteiger partial charge on any atom is 0.191 e. The highest BCUT2D eigenvalue weighted by atomic mass is 32.2. The molecule has 4 heteroatoms. The summed E-state index contributed by atoms with van der Waals surface area (Å²) in [5, 5.41) is 7.91. The van der Waals surface area contributed by atoms with E-state index in [1.54, 1.807) is 0 Å². The molecule has 1 aromatic rings. The van der Waals surface area contributed by atoms with Gasteiger partial charge in [-0.1, -0.05) is 24.3 Å². The number of aliphatic imine (C=N–C) groups is 1. The molecule has 2 aliphatic carbocycles. The Morgan fingerprint density at radius 1 is 1.33 bits per heavy atom. The first kappa shape index (κ1) is 14.8. The van der Waals surface area contributed by atoms with E-state index in [0.29, 0.717) is 12.0 Å². The van der Waals surface area contributed by atoms with Crippen LogP contribution in [0.1, 0.15) is 36.3 Å². The lowest BCUT2D eigenvalue weighted by molar-refractivity contribution is 0.567. The predicted molar refractivity (Wildman–Crippen MR) is 92.3 cm³/mol. The van der Waals surface area contributed by atoms with E-state index in [1.165, 1.54) is 36.8 Å². The molecule has 0 bridgehead atoms. The van der Waals surface area contributed by atoms with Gasteiger partial charge in [0.1, 0.15) is 0 Å². The van der Waals surface area contributed by atoms with Gasteiger partial charge in [0.05, 0.1) is 0 Å². The third kappa shape index (κ3) is 3.37. The molecule has 0 saturated heterocycles. The molecule has 2 aliphatic rings. The van der Waals surface area contributed by atoms with Crippen molar-refractivity contribution in [1.29, 1.82) is 0 Å². The van der Waals surface area contributed by atoms with Crippen molar-refractivity contribution in [1.82, 2.24) is 10.6 Å². The molecule has 1 saturated carbocycles. The highest BCUT2D eigenvalue weighted by Gasteiger charge is 2.27. The van der Waals surface area contributed by atoms with Gasteiger partial charge in [-0.15, -0.1) is 0 Å². The lowest BCUT2D eigenvalue weighted by Crippen LogP contribution is -2.44. The van der Waals surface area contributed by atoms with E-state index in [4.69, 9.17) is 0 Å². The SMILES string of the molecule is CN=C(NCC1Cc2ccccc21)NC1CCC(SC)C1. The molecule has 0 spiro atoms. The zero-order valence-corrected chi connectivity index (χ0v) is 13.7. The van der Waals surface area contributed by atoms with Crippen LogP contribution in [0.5, 0.6) is 0 Å². The zero-order chi connectivity index (χ0) is 14.7. The van der Waals surface area contributed by atoms with Crippen LogP contribution >= 0.6 is 11.8 Å². The number of nitrogens with one attached hydrogen (secondary N) is 2. The Morgan fingerprint density at radius 2 is 2.19 bits per heavy atom. The molecule has 0 heterocycles. The molecular weight excluding hydrogens is 278 g/mol. The number of guanidine groups is 1. The van der Waals surface area contributed by atoms with Crippen molar-refractivity contribution < 1.29 is 0 Å². The van der Waals surface area contributed by atoms with Crippen molar-refractivity contribution in [2.75, 3.05) is 19.8 Å². The van der Waals surface area contributed by atoms with Crippen LogP contribution in [0.25, 0.3) is 0 Å². The van der Waals surface area contributed by atoms with Gasteiger partial charge in [0.2, 0.25) is 0 Å². The number of benzene rings is 1. The van der Waals surface area contributed by atoms with Gasteiger partial charge in [0.25, 0.3) is 0 Å². The van der Waals surface area contributed by atoms with E-state index < -0.39 is 0 Å². The fraction of sp³-hybridized carbons (Fsp3) is 0.588. The number of rotatable bonds is 4. The number of nitrogens with zero attached hydrogens (tertiary/aromatic N) is 1. The summed E-state index contributed by atoms with van der Waals surface area (Å²) in [6.45, 7) is 0.982. The van der Waals surface area contributed by atoms with Crippen molar-refractivity contribution in [2.45, 2.75) is 42.9 Å². The zero-order valence-electron chi connectivity index (χ0n) is 12.9. The van der Waals surface area contributed by atoms with Gasteiger partial charge in [-0.2, -0.15) is 11.8 Å². The summed E-state index contributed by atoms with van der Waals surface area (Å²) < 4.78 is 0. The topological polar surface area (TPSA) is 36.4 Å². The predicted octanol–water partition coefficient (Wildman–Crippen LogP) is 2.78. The van der Waals surface area contributed by atoms with Crippen molar-refractivity contribution >= 4 is 17.7 Å². The molecule has 2 N–H and O–H groups in total. The van der Waals surface area contributed by atoms with Crippen LogP contribution in [0, 0.1) is 0 Å². The van der Waals surface area contributed by atoms with Gasteiger partial charge in [0, 0.05) is 30.8 Å². The van der Waals surface area contributed by atoms with Crippen molar-refractivity contribution in [3.8, 4) is 0 Å². The van der Waals surface area contributed by atoms with Crippen molar-refractivity contribution in [2.24, 2.45) is 4.99 Å².